The first-order valence-corrected chi connectivity index (χ1v) is 10.2. The lowest BCUT2D eigenvalue weighted by atomic mass is 9.92. The molecule has 1 heterocycles. The molecule has 0 aromatic heterocycles. The summed E-state index contributed by atoms with van der Waals surface area (Å²) in [6.45, 7) is 10.6. The predicted octanol–water partition coefficient (Wildman–Crippen LogP) is 7.43. The van der Waals surface area contributed by atoms with E-state index in [0.717, 1.165) is 65.0 Å². The second-order valence-corrected chi connectivity index (χ2v) is 7.38. The Morgan fingerprint density at radius 2 is 1.79 bits per heavy atom. The van der Waals surface area contributed by atoms with E-state index in [1.165, 1.54) is 17.3 Å². The highest BCUT2D eigenvalue weighted by atomic mass is 19.1. The number of halogens is 1. The van der Waals surface area contributed by atoms with Crippen molar-refractivity contribution in [3.8, 4) is 11.1 Å². The van der Waals surface area contributed by atoms with E-state index in [1.807, 2.05) is 13.0 Å². The SMILES string of the molecule is CCC/C(C)=C(CC)/N=C(\C)C1=Nc2cc(-c3cc(F)ccc3CC)ccc21. The van der Waals surface area contributed by atoms with Gasteiger partial charge in [-0.1, -0.05) is 44.9 Å². The molecule has 0 N–H and O–H groups in total. The molecule has 0 saturated heterocycles. The Labute approximate surface area is 167 Å². The van der Waals surface area contributed by atoms with Crippen LogP contribution in [0.3, 0.4) is 0 Å². The van der Waals surface area contributed by atoms with E-state index < -0.39 is 0 Å². The summed E-state index contributed by atoms with van der Waals surface area (Å²) >= 11 is 0. The zero-order chi connectivity index (χ0) is 20.3. The average molecular weight is 377 g/mol. The van der Waals surface area contributed by atoms with Gasteiger partial charge in [-0.3, -0.25) is 4.99 Å². The smallest absolute Gasteiger partial charge is 0.123 e. The second kappa shape index (κ2) is 8.64. The van der Waals surface area contributed by atoms with E-state index >= 15 is 0 Å². The third kappa shape index (κ3) is 3.99. The Hall–Kier alpha value is -2.55. The van der Waals surface area contributed by atoms with Crippen molar-refractivity contribution in [1.29, 1.82) is 0 Å². The van der Waals surface area contributed by atoms with Gasteiger partial charge in [0.2, 0.25) is 0 Å². The molecule has 0 saturated carbocycles. The number of aryl methyl sites for hydroxylation is 1. The van der Waals surface area contributed by atoms with Crippen LogP contribution >= 0.6 is 0 Å². The first-order chi connectivity index (χ1) is 13.5. The number of allylic oxidation sites excluding steroid dienone is 2. The Bertz CT molecular complexity index is 980. The van der Waals surface area contributed by atoms with Gasteiger partial charge >= 0.3 is 0 Å². The highest BCUT2D eigenvalue weighted by molar-refractivity contribution is 6.51. The van der Waals surface area contributed by atoms with E-state index in [0.29, 0.717) is 0 Å². The fraction of sp³-hybridized carbons (Fsp3) is 0.360. The number of nitrogens with zero attached hydrogens (tertiary/aromatic N) is 2. The molecule has 0 unspecified atom stereocenters. The summed E-state index contributed by atoms with van der Waals surface area (Å²) in [5, 5.41) is 0. The largest absolute Gasteiger partial charge is 0.256 e. The predicted molar refractivity (Wildman–Crippen MR) is 118 cm³/mol. The van der Waals surface area contributed by atoms with Gasteiger partial charge in [-0.2, -0.15) is 0 Å². The Balaban J connectivity index is 1.90. The molecule has 0 radical (unpaired) electrons. The van der Waals surface area contributed by atoms with Gasteiger partial charge in [0, 0.05) is 11.3 Å². The van der Waals surface area contributed by atoms with E-state index in [9.17, 15) is 4.39 Å². The van der Waals surface area contributed by atoms with E-state index in [2.05, 4.69) is 45.9 Å². The molecule has 2 aromatic carbocycles. The van der Waals surface area contributed by atoms with Crippen molar-refractivity contribution in [2.45, 2.75) is 60.3 Å². The number of hydrogen-bond acceptors (Lipinski definition) is 2. The number of benzene rings is 2. The maximum atomic E-state index is 13.8. The van der Waals surface area contributed by atoms with Crippen LogP contribution in [0.4, 0.5) is 10.1 Å². The third-order valence-electron chi connectivity index (χ3n) is 5.35. The highest BCUT2D eigenvalue weighted by Crippen LogP contribution is 2.36. The summed E-state index contributed by atoms with van der Waals surface area (Å²) in [4.78, 5) is 9.58. The van der Waals surface area contributed by atoms with Crippen LogP contribution in [0.5, 0.6) is 0 Å². The van der Waals surface area contributed by atoms with Crippen molar-refractivity contribution >= 4 is 17.1 Å². The van der Waals surface area contributed by atoms with Crippen LogP contribution in [0.25, 0.3) is 11.1 Å². The number of hydrogen-bond donors (Lipinski definition) is 0. The first-order valence-electron chi connectivity index (χ1n) is 10.2. The van der Waals surface area contributed by atoms with Gasteiger partial charge in [-0.05, 0) is 74.1 Å². The summed E-state index contributed by atoms with van der Waals surface area (Å²) < 4.78 is 13.8. The molecule has 1 aliphatic heterocycles. The van der Waals surface area contributed by atoms with Gasteiger partial charge in [0.05, 0.1) is 17.1 Å². The quantitative estimate of drug-likeness (QED) is 0.449. The molecule has 0 spiro atoms. The van der Waals surface area contributed by atoms with E-state index in [4.69, 9.17) is 9.98 Å². The van der Waals surface area contributed by atoms with Gasteiger partial charge < -0.3 is 0 Å². The maximum absolute atomic E-state index is 13.8. The van der Waals surface area contributed by atoms with Crippen molar-refractivity contribution in [3.63, 3.8) is 0 Å². The molecule has 3 heteroatoms. The molecular formula is C25H29FN2. The van der Waals surface area contributed by atoms with Crippen molar-refractivity contribution in [3.05, 3.63) is 64.6 Å². The summed E-state index contributed by atoms with van der Waals surface area (Å²) in [5.74, 6) is -0.205. The molecular weight excluding hydrogens is 347 g/mol. The molecule has 0 atom stereocenters. The third-order valence-corrected chi connectivity index (χ3v) is 5.35. The first kappa shape index (κ1) is 20.2. The molecule has 0 fully saturated rings. The molecule has 1 aliphatic rings. The molecule has 0 aliphatic carbocycles. The summed E-state index contributed by atoms with van der Waals surface area (Å²) in [5.41, 5.74) is 9.65. The fourth-order valence-electron chi connectivity index (χ4n) is 3.77. The van der Waals surface area contributed by atoms with Crippen LogP contribution in [0.1, 0.15) is 65.0 Å². The van der Waals surface area contributed by atoms with Crippen LogP contribution in [0.15, 0.2) is 57.7 Å². The van der Waals surface area contributed by atoms with E-state index in [1.54, 1.807) is 6.07 Å². The fourth-order valence-corrected chi connectivity index (χ4v) is 3.77. The van der Waals surface area contributed by atoms with Gasteiger partial charge in [0.15, 0.2) is 0 Å². The van der Waals surface area contributed by atoms with Crippen LogP contribution in [-0.4, -0.2) is 11.4 Å². The molecule has 2 aromatic rings. The summed E-state index contributed by atoms with van der Waals surface area (Å²) in [6, 6.07) is 11.2. The number of fused-ring (bicyclic) bond motifs is 1. The lowest BCUT2D eigenvalue weighted by Crippen LogP contribution is -2.18. The molecule has 28 heavy (non-hydrogen) atoms. The average Bonchev–Trinajstić information content (AvgIpc) is 2.67. The van der Waals surface area contributed by atoms with Crippen LogP contribution in [0, 0.1) is 5.82 Å². The van der Waals surface area contributed by atoms with Gasteiger partial charge in [-0.25, -0.2) is 9.38 Å². The van der Waals surface area contributed by atoms with Gasteiger partial charge in [-0.15, -0.1) is 0 Å². The molecule has 2 nitrogen and oxygen atoms in total. The summed E-state index contributed by atoms with van der Waals surface area (Å²) in [7, 11) is 0. The van der Waals surface area contributed by atoms with Crippen LogP contribution < -0.4 is 0 Å². The molecule has 3 rings (SSSR count). The van der Waals surface area contributed by atoms with Crippen LogP contribution in [-0.2, 0) is 6.42 Å². The minimum Gasteiger partial charge on any atom is -0.256 e. The van der Waals surface area contributed by atoms with Crippen molar-refractivity contribution in [1.82, 2.24) is 0 Å². The van der Waals surface area contributed by atoms with Gasteiger partial charge in [0.25, 0.3) is 0 Å². The maximum Gasteiger partial charge on any atom is 0.123 e. The van der Waals surface area contributed by atoms with E-state index in [-0.39, 0.29) is 5.82 Å². The second-order valence-electron chi connectivity index (χ2n) is 7.38. The monoisotopic (exact) mass is 376 g/mol. The standard InChI is InChI=1S/C25H29FN2/c1-6-9-16(4)23(8-3)27-17(5)25-21-13-11-19(14-24(21)28-25)22-15-20(26)12-10-18(22)7-2/h10-15H,6-9H2,1-5H3/b23-16+,27-17+. The highest BCUT2D eigenvalue weighted by Gasteiger charge is 2.22. The topological polar surface area (TPSA) is 24.7 Å². The number of aliphatic imine (C=N–C) groups is 2. The molecule has 0 bridgehead atoms. The minimum absolute atomic E-state index is 0.205. The zero-order valence-corrected chi connectivity index (χ0v) is 17.6. The van der Waals surface area contributed by atoms with Crippen LogP contribution in [0.2, 0.25) is 0 Å². The van der Waals surface area contributed by atoms with Gasteiger partial charge in [0.1, 0.15) is 5.82 Å². The zero-order valence-electron chi connectivity index (χ0n) is 17.6. The Kier molecular flexibility index (Phi) is 6.23. The number of rotatable bonds is 7. The lowest BCUT2D eigenvalue weighted by Gasteiger charge is -2.20. The molecule has 0 amide bonds. The summed E-state index contributed by atoms with van der Waals surface area (Å²) in [6.07, 6.45) is 4.02. The van der Waals surface area contributed by atoms with Crippen molar-refractivity contribution in [2.75, 3.05) is 0 Å². The Morgan fingerprint density at radius 3 is 2.43 bits per heavy atom. The molecule has 146 valence electrons. The minimum atomic E-state index is -0.205. The Morgan fingerprint density at radius 1 is 1.00 bits per heavy atom. The normalized spacial score (nSPS) is 14.2. The lowest BCUT2D eigenvalue weighted by molar-refractivity contribution is 0.627. The van der Waals surface area contributed by atoms with Crippen molar-refractivity contribution in [2.24, 2.45) is 9.98 Å². The van der Waals surface area contributed by atoms with Crippen molar-refractivity contribution < 1.29 is 4.39 Å².